The summed E-state index contributed by atoms with van der Waals surface area (Å²) in [4.78, 5) is 23.5. The van der Waals surface area contributed by atoms with Gasteiger partial charge in [0.25, 0.3) is 0 Å². The van der Waals surface area contributed by atoms with Crippen LogP contribution in [-0.4, -0.2) is 25.2 Å². The lowest BCUT2D eigenvalue weighted by molar-refractivity contribution is -0.144. The average Bonchev–Trinajstić information content (AvgIpc) is 2.76. The zero-order valence-corrected chi connectivity index (χ0v) is 20.3. The predicted octanol–water partition coefficient (Wildman–Crippen LogP) is 8.06. The van der Waals surface area contributed by atoms with Gasteiger partial charge in [0.05, 0.1) is 13.2 Å². The lowest BCUT2D eigenvalue weighted by Gasteiger charge is -2.06. The van der Waals surface area contributed by atoms with Crippen LogP contribution in [0, 0.1) is 0 Å². The number of rotatable bonds is 0. The van der Waals surface area contributed by atoms with Crippen molar-refractivity contribution in [2.24, 2.45) is 0 Å². The fourth-order valence-electron chi connectivity index (χ4n) is 4.26. The molecule has 4 nitrogen and oxygen atoms in total. The van der Waals surface area contributed by atoms with Crippen LogP contribution in [-0.2, 0) is 19.1 Å². The molecule has 0 N–H and O–H groups in total. The Morgan fingerprint density at radius 1 is 0.323 bits per heavy atom. The highest BCUT2D eigenvalue weighted by Gasteiger charge is 2.05. The van der Waals surface area contributed by atoms with E-state index in [-0.39, 0.29) is 11.9 Å². The van der Waals surface area contributed by atoms with E-state index in [0.717, 1.165) is 44.9 Å². The molecule has 0 aromatic rings. The third-order valence-corrected chi connectivity index (χ3v) is 6.33. The van der Waals surface area contributed by atoms with E-state index in [4.69, 9.17) is 9.47 Å². The fourth-order valence-corrected chi connectivity index (χ4v) is 4.26. The molecule has 1 heterocycles. The first kappa shape index (κ1) is 28.0. The summed E-state index contributed by atoms with van der Waals surface area (Å²) in [6, 6.07) is 0. The van der Waals surface area contributed by atoms with Gasteiger partial charge in [0, 0.05) is 12.8 Å². The quantitative estimate of drug-likeness (QED) is 0.359. The van der Waals surface area contributed by atoms with Gasteiger partial charge in [0.2, 0.25) is 0 Å². The Labute approximate surface area is 192 Å². The molecule has 31 heavy (non-hydrogen) atoms. The standard InChI is InChI=1S/C27H50O4/c28-26-22-18-17-19-23-27(29)31-25-21-16-14-12-10-8-6-4-2-1-3-5-7-9-11-13-15-20-24-30-26/h1-25H2. The van der Waals surface area contributed by atoms with Gasteiger partial charge in [-0.25, -0.2) is 0 Å². The first-order valence-corrected chi connectivity index (χ1v) is 13.6. The van der Waals surface area contributed by atoms with Crippen LogP contribution in [0.5, 0.6) is 0 Å². The molecule has 1 fully saturated rings. The lowest BCUT2D eigenvalue weighted by atomic mass is 10.0. The van der Waals surface area contributed by atoms with Gasteiger partial charge in [-0.2, -0.15) is 0 Å². The number of cyclic esters (lactones) is 2. The van der Waals surface area contributed by atoms with Crippen molar-refractivity contribution in [2.75, 3.05) is 13.2 Å². The Balaban J connectivity index is 2.13. The molecule has 1 aliphatic heterocycles. The van der Waals surface area contributed by atoms with Gasteiger partial charge in [0.1, 0.15) is 0 Å². The summed E-state index contributed by atoms with van der Waals surface area (Å²) in [5.41, 5.74) is 0. The van der Waals surface area contributed by atoms with E-state index in [1.54, 1.807) is 0 Å². The number of carbonyl (C=O) groups excluding carboxylic acids is 2. The second-order valence-electron chi connectivity index (χ2n) is 9.37. The van der Waals surface area contributed by atoms with E-state index in [9.17, 15) is 9.59 Å². The van der Waals surface area contributed by atoms with Crippen molar-refractivity contribution in [2.45, 2.75) is 148 Å². The molecule has 0 aromatic heterocycles. The van der Waals surface area contributed by atoms with Gasteiger partial charge in [-0.05, 0) is 25.7 Å². The van der Waals surface area contributed by atoms with Crippen LogP contribution in [0.4, 0.5) is 0 Å². The zero-order chi connectivity index (χ0) is 22.2. The third-order valence-electron chi connectivity index (χ3n) is 6.33. The van der Waals surface area contributed by atoms with Crippen LogP contribution in [0.25, 0.3) is 0 Å². The van der Waals surface area contributed by atoms with Gasteiger partial charge >= 0.3 is 11.9 Å². The molecule has 0 aromatic carbocycles. The third kappa shape index (κ3) is 20.6. The van der Waals surface area contributed by atoms with Gasteiger partial charge < -0.3 is 9.47 Å². The van der Waals surface area contributed by atoms with Crippen LogP contribution in [0.3, 0.4) is 0 Å². The van der Waals surface area contributed by atoms with Gasteiger partial charge in [0.15, 0.2) is 0 Å². The van der Waals surface area contributed by atoms with Crippen molar-refractivity contribution >= 4 is 11.9 Å². The van der Waals surface area contributed by atoms with Gasteiger partial charge in [-0.15, -0.1) is 0 Å². The number of esters is 2. The molecule has 1 rings (SSSR count). The molecule has 0 unspecified atom stereocenters. The van der Waals surface area contributed by atoms with E-state index >= 15 is 0 Å². The number of ether oxygens (including phenoxy) is 2. The largest absolute Gasteiger partial charge is 0.466 e. The molecule has 0 saturated carbocycles. The van der Waals surface area contributed by atoms with Gasteiger partial charge in [-0.1, -0.05) is 109 Å². The predicted molar refractivity (Wildman–Crippen MR) is 128 cm³/mol. The zero-order valence-electron chi connectivity index (χ0n) is 20.3. The van der Waals surface area contributed by atoms with Crippen molar-refractivity contribution in [3.8, 4) is 0 Å². The Hall–Kier alpha value is -1.06. The van der Waals surface area contributed by atoms with E-state index < -0.39 is 0 Å². The van der Waals surface area contributed by atoms with Crippen LogP contribution >= 0.6 is 0 Å². The fraction of sp³-hybridized carbons (Fsp3) is 0.926. The molecule has 4 heteroatoms. The second-order valence-corrected chi connectivity index (χ2v) is 9.37. The highest BCUT2D eigenvalue weighted by atomic mass is 16.5. The minimum atomic E-state index is -0.0912. The van der Waals surface area contributed by atoms with E-state index in [1.807, 2.05) is 0 Å². The maximum Gasteiger partial charge on any atom is 0.305 e. The maximum atomic E-state index is 11.8. The Kier molecular flexibility index (Phi) is 20.0. The van der Waals surface area contributed by atoms with E-state index in [0.29, 0.717) is 26.1 Å². The average molecular weight is 439 g/mol. The van der Waals surface area contributed by atoms with Crippen LogP contribution in [0.1, 0.15) is 148 Å². The first-order chi connectivity index (χ1) is 15.3. The summed E-state index contributed by atoms with van der Waals surface area (Å²) in [7, 11) is 0. The summed E-state index contributed by atoms with van der Waals surface area (Å²) < 4.78 is 10.6. The number of hydrogen-bond acceptors (Lipinski definition) is 4. The first-order valence-electron chi connectivity index (χ1n) is 13.6. The summed E-state index contributed by atoms with van der Waals surface area (Å²) in [5, 5.41) is 0. The molecular weight excluding hydrogens is 388 g/mol. The Morgan fingerprint density at radius 2 is 0.548 bits per heavy atom. The highest BCUT2D eigenvalue weighted by Crippen LogP contribution is 2.14. The minimum Gasteiger partial charge on any atom is -0.466 e. The molecule has 1 aliphatic rings. The molecule has 0 amide bonds. The smallest absolute Gasteiger partial charge is 0.305 e. The summed E-state index contributed by atoms with van der Waals surface area (Å²) >= 11 is 0. The topological polar surface area (TPSA) is 52.6 Å². The molecule has 182 valence electrons. The lowest BCUT2D eigenvalue weighted by Crippen LogP contribution is -2.07. The van der Waals surface area contributed by atoms with Crippen molar-refractivity contribution in [1.82, 2.24) is 0 Å². The van der Waals surface area contributed by atoms with E-state index in [1.165, 1.54) is 89.9 Å². The maximum absolute atomic E-state index is 11.8. The second kappa shape index (κ2) is 22.1. The molecule has 0 spiro atoms. The van der Waals surface area contributed by atoms with Gasteiger partial charge in [-0.3, -0.25) is 9.59 Å². The number of carbonyl (C=O) groups is 2. The number of hydrogen-bond donors (Lipinski definition) is 0. The Bertz CT molecular complexity index is 383. The Morgan fingerprint density at radius 3 is 0.839 bits per heavy atom. The monoisotopic (exact) mass is 438 g/mol. The van der Waals surface area contributed by atoms with Crippen LogP contribution in [0.15, 0.2) is 0 Å². The van der Waals surface area contributed by atoms with Crippen molar-refractivity contribution in [3.63, 3.8) is 0 Å². The normalized spacial score (nSPS) is 22.8. The molecule has 0 atom stereocenters. The van der Waals surface area contributed by atoms with Crippen LogP contribution in [0.2, 0.25) is 0 Å². The SMILES string of the molecule is O=C1CCCCCC(=O)OCCCCCCCCCCCCCCCCCCCCO1. The van der Waals surface area contributed by atoms with Crippen molar-refractivity contribution in [1.29, 1.82) is 0 Å². The molecule has 1 saturated heterocycles. The molecule has 0 aliphatic carbocycles. The molecule has 0 radical (unpaired) electrons. The molecule has 0 bridgehead atoms. The summed E-state index contributed by atoms with van der Waals surface area (Å²) in [5.74, 6) is -0.182. The molecular formula is C27H50O4. The van der Waals surface area contributed by atoms with Crippen molar-refractivity contribution < 1.29 is 19.1 Å². The summed E-state index contributed by atoms with van der Waals surface area (Å²) in [6.07, 6.45) is 26.7. The van der Waals surface area contributed by atoms with Crippen molar-refractivity contribution in [3.05, 3.63) is 0 Å². The minimum absolute atomic E-state index is 0.0912. The highest BCUT2D eigenvalue weighted by molar-refractivity contribution is 5.69. The van der Waals surface area contributed by atoms with Crippen LogP contribution < -0.4 is 0 Å². The summed E-state index contributed by atoms with van der Waals surface area (Å²) in [6.45, 7) is 1.12. The van der Waals surface area contributed by atoms with E-state index in [2.05, 4.69) is 0 Å².